The van der Waals surface area contributed by atoms with Crippen molar-refractivity contribution in [3.63, 3.8) is 0 Å². The fourth-order valence-electron chi connectivity index (χ4n) is 2.25. The predicted octanol–water partition coefficient (Wildman–Crippen LogP) is 0.274. The van der Waals surface area contributed by atoms with Crippen molar-refractivity contribution in [2.24, 2.45) is 0 Å². The van der Waals surface area contributed by atoms with Crippen LogP contribution >= 0.6 is 0 Å². The Hall–Kier alpha value is -3.23. The molecule has 0 bridgehead atoms. The quantitative estimate of drug-likeness (QED) is 0.644. The molecule has 3 amide bonds. The van der Waals surface area contributed by atoms with Gasteiger partial charge in [-0.3, -0.25) is 19.7 Å². The van der Waals surface area contributed by atoms with Gasteiger partial charge in [0.25, 0.3) is 5.91 Å². The summed E-state index contributed by atoms with van der Waals surface area (Å²) in [5.74, 6) is -0.794. The second-order valence-electron chi connectivity index (χ2n) is 4.98. The summed E-state index contributed by atoms with van der Waals surface area (Å²) in [5, 5.41) is 13.9. The Bertz CT molecular complexity index is 743. The summed E-state index contributed by atoms with van der Waals surface area (Å²) in [6, 6.07) is 5.96. The molecule has 23 heavy (non-hydrogen) atoms. The molecule has 0 aliphatic carbocycles. The van der Waals surface area contributed by atoms with Crippen LogP contribution in [-0.4, -0.2) is 38.9 Å². The Morgan fingerprint density at radius 2 is 2.09 bits per heavy atom. The normalized spacial score (nSPS) is 16.8. The van der Waals surface area contributed by atoms with E-state index in [-0.39, 0.29) is 36.5 Å². The largest absolute Gasteiger partial charge is 0.340 e. The van der Waals surface area contributed by atoms with E-state index in [1.165, 1.54) is 6.33 Å². The second-order valence-corrected chi connectivity index (χ2v) is 4.98. The van der Waals surface area contributed by atoms with Crippen molar-refractivity contribution in [3.05, 3.63) is 36.2 Å². The summed E-state index contributed by atoms with van der Waals surface area (Å²) in [6.07, 6.45) is 1.49. The molecule has 1 aromatic carbocycles. The van der Waals surface area contributed by atoms with Crippen molar-refractivity contribution >= 4 is 29.4 Å². The lowest BCUT2D eigenvalue weighted by Gasteiger charge is -2.13. The van der Waals surface area contributed by atoms with Crippen molar-refractivity contribution in [1.82, 2.24) is 20.5 Å². The van der Waals surface area contributed by atoms with Crippen molar-refractivity contribution in [3.8, 4) is 0 Å². The number of carbonyl (C=O) groups is 3. The van der Waals surface area contributed by atoms with Crippen LogP contribution in [-0.2, 0) is 9.59 Å². The summed E-state index contributed by atoms with van der Waals surface area (Å²) in [5.41, 5.74) is 0.859. The van der Waals surface area contributed by atoms with E-state index in [0.717, 1.165) is 0 Å². The van der Waals surface area contributed by atoms with Crippen molar-refractivity contribution in [2.75, 3.05) is 10.6 Å². The molecule has 9 nitrogen and oxygen atoms in total. The van der Waals surface area contributed by atoms with Crippen LogP contribution in [0.1, 0.15) is 23.2 Å². The van der Waals surface area contributed by atoms with E-state index in [9.17, 15) is 14.4 Å². The Morgan fingerprint density at radius 1 is 1.26 bits per heavy atom. The van der Waals surface area contributed by atoms with Crippen LogP contribution in [0, 0.1) is 0 Å². The van der Waals surface area contributed by atoms with Gasteiger partial charge in [-0.05, 0) is 18.6 Å². The maximum absolute atomic E-state index is 12.2. The van der Waals surface area contributed by atoms with Crippen LogP contribution in [0.2, 0.25) is 0 Å². The molecule has 4 N–H and O–H groups in total. The number of rotatable bonds is 4. The van der Waals surface area contributed by atoms with Gasteiger partial charge in [0.05, 0.1) is 11.3 Å². The number of aromatic amines is 1. The minimum Gasteiger partial charge on any atom is -0.340 e. The summed E-state index contributed by atoms with van der Waals surface area (Å²) in [6.45, 7) is 0. The van der Waals surface area contributed by atoms with Crippen molar-refractivity contribution in [2.45, 2.75) is 18.9 Å². The van der Waals surface area contributed by atoms with Gasteiger partial charge in [-0.1, -0.05) is 12.1 Å². The molecule has 0 saturated carbocycles. The third-order valence-electron chi connectivity index (χ3n) is 3.38. The third-order valence-corrected chi connectivity index (χ3v) is 3.38. The first-order valence-corrected chi connectivity index (χ1v) is 6.99. The lowest BCUT2D eigenvalue weighted by molar-refractivity contribution is -0.118. The first-order chi connectivity index (χ1) is 11.1. The molecular weight excluding hydrogens is 300 g/mol. The number of benzene rings is 1. The molecule has 1 aromatic heterocycles. The van der Waals surface area contributed by atoms with Gasteiger partial charge in [0.15, 0.2) is 0 Å². The van der Waals surface area contributed by atoms with E-state index in [2.05, 4.69) is 31.1 Å². The summed E-state index contributed by atoms with van der Waals surface area (Å²) in [7, 11) is 0. The van der Waals surface area contributed by atoms with Gasteiger partial charge in [0.1, 0.15) is 12.4 Å². The zero-order chi connectivity index (χ0) is 16.2. The maximum Gasteiger partial charge on any atom is 0.254 e. The molecule has 0 radical (unpaired) electrons. The van der Waals surface area contributed by atoms with Crippen LogP contribution in [0.25, 0.3) is 0 Å². The van der Waals surface area contributed by atoms with E-state index in [1.54, 1.807) is 24.3 Å². The number of para-hydroxylation sites is 1. The molecule has 2 heterocycles. The predicted molar refractivity (Wildman–Crippen MR) is 80.6 cm³/mol. The number of nitrogens with zero attached hydrogens (tertiary/aromatic N) is 2. The zero-order valence-corrected chi connectivity index (χ0v) is 12.0. The van der Waals surface area contributed by atoms with Crippen LogP contribution in [0.5, 0.6) is 0 Å². The average molecular weight is 314 g/mol. The molecule has 0 fully saturated rings. The number of hydrogen-bond acceptors (Lipinski definition) is 5. The van der Waals surface area contributed by atoms with Gasteiger partial charge in [0, 0.05) is 6.42 Å². The SMILES string of the molecule is O=C(CC[C@H]1NC(=O)c2ccccc2NC1=O)Nc1ncn[nH]1. The molecule has 9 heteroatoms. The molecule has 118 valence electrons. The Morgan fingerprint density at radius 3 is 2.87 bits per heavy atom. The molecule has 0 unspecified atom stereocenters. The zero-order valence-electron chi connectivity index (χ0n) is 12.0. The summed E-state index contributed by atoms with van der Waals surface area (Å²) in [4.78, 5) is 39.9. The van der Waals surface area contributed by atoms with E-state index in [4.69, 9.17) is 0 Å². The van der Waals surface area contributed by atoms with Gasteiger partial charge < -0.3 is 10.6 Å². The van der Waals surface area contributed by atoms with Crippen LogP contribution in [0.3, 0.4) is 0 Å². The topological polar surface area (TPSA) is 129 Å². The van der Waals surface area contributed by atoms with Crippen LogP contribution < -0.4 is 16.0 Å². The fourth-order valence-corrected chi connectivity index (χ4v) is 2.25. The second kappa shape index (κ2) is 6.26. The highest BCUT2D eigenvalue weighted by molar-refractivity contribution is 6.09. The lowest BCUT2D eigenvalue weighted by Crippen LogP contribution is -2.41. The Labute approximate surface area is 130 Å². The van der Waals surface area contributed by atoms with Crippen molar-refractivity contribution in [1.29, 1.82) is 0 Å². The van der Waals surface area contributed by atoms with E-state index in [0.29, 0.717) is 11.3 Å². The smallest absolute Gasteiger partial charge is 0.254 e. The van der Waals surface area contributed by atoms with Gasteiger partial charge in [-0.2, -0.15) is 10.1 Å². The summed E-state index contributed by atoms with van der Waals surface area (Å²) < 4.78 is 0. The first-order valence-electron chi connectivity index (χ1n) is 6.99. The molecule has 0 spiro atoms. The van der Waals surface area contributed by atoms with E-state index < -0.39 is 6.04 Å². The number of H-pyrrole nitrogens is 1. The van der Waals surface area contributed by atoms with Crippen LogP contribution in [0.15, 0.2) is 30.6 Å². The van der Waals surface area contributed by atoms with Gasteiger partial charge in [-0.15, -0.1) is 0 Å². The highest BCUT2D eigenvalue weighted by atomic mass is 16.2. The molecule has 1 aliphatic heterocycles. The monoisotopic (exact) mass is 314 g/mol. The standard InChI is InChI=1S/C14H14N6O3/c21-11(19-14-15-7-16-20-14)6-5-10-13(23)17-9-4-2-1-3-8(9)12(22)18-10/h1-4,7,10H,5-6H2,(H,17,23)(H,18,22)(H2,15,16,19,20,21)/t10-/m1/s1. The molecule has 1 atom stereocenters. The number of amides is 3. The number of nitrogens with one attached hydrogen (secondary N) is 4. The molecule has 3 rings (SSSR count). The highest BCUT2D eigenvalue weighted by Crippen LogP contribution is 2.19. The third kappa shape index (κ3) is 3.34. The maximum atomic E-state index is 12.2. The number of aromatic nitrogens is 3. The van der Waals surface area contributed by atoms with E-state index in [1.807, 2.05) is 0 Å². The molecule has 2 aromatic rings. The molecule has 0 saturated heterocycles. The van der Waals surface area contributed by atoms with Crippen molar-refractivity contribution < 1.29 is 14.4 Å². The van der Waals surface area contributed by atoms with Gasteiger partial charge >= 0.3 is 0 Å². The van der Waals surface area contributed by atoms with Crippen LogP contribution in [0.4, 0.5) is 11.6 Å². The summed E-state index contributed by atoms with van der Waals surface area (Å²) >= 11 is 0. The molecule has 1 aliphatic rings. The lowest BCUT2D eigenvalue weighted by atomic mass is 10.1. The van der Waals surface area contributed by atoms with E-state index >= 15 is 0 Å². The Balaban J connectivity index is 1.62. The first kappa shape index (κ1) is 14.7. The number of fused-ring (bicyclic) bond motifs is 1. The number of carbonyl (C=O) groups excluding carboxylic acids is 3. The number of hydrogen-bond donors (Lipinski definition) is 4. The fraction of sp³-hybridized carbons (Fsp3) is 0.214. The molecular formula is C14H14N6O3. The average Bonchev–Trinajstić information content (AvgIpc) is 3.00. The van der Waals surface area contributed by atoms with Gasteiger partial charge in [-0.25, -0.2) is 5.10 Å². The minimum absolute atomic E-state index is 0.0510. The van der Waals surface area contributed by atoms with Gasteiger partial charge in [0.2, 0.25) is 17.8 Å². The minimum atomic E-state index is -0.782. The highest BCUT2D eigenvalue weighted by Gasteiger charge is 2.27. The Kier molecular flexibility index (Phi) is 4.00. The number of anilines is 2.